The second-order valence-electron chi connectivity index (χ2n) is 9.46. The van der Waals surface area contributed by atoms with Crippen molar-refractivity contribution in [1.82, 2.24) is 19.2 Å². The molecule has 0 bridgehead atoms. The number of sulfonamides is 1. The van der Waals surface area contributed by atoms with E-state index >= 15 is 0 Å². The molecule has 1 aliphatic heterocycles. The van der Waals surface area contributed by atoms with Crippen LogP contribution in [0.4, 0.5) is 5.82 Å². The average molecular weight is 546 g/mol. The first-order valence-electron chi connectivity index (χ1n) is 12.2. The van der Waals surface area contributed by atoms with Crippen LogP contribution in [0.1, 0.15) is 25.2 Å². The molecule has 0 radical (unpaired) electrons. The molecule has 11 heteroatoms. The minimum atomic E-state index is -3.45. The quantitative estimate of drug-likeness (QED) is 0.407. The molecule has 2 aromatic carbocycles. The second-order valence-corrected chi connectivity index (χ2v) is 11.9. The molecule has 0 spiro atoms. The van der Waals surface area contributed by atoms with Gasteiger partial charge in [-0.25, -0.2) is 23.2 Å². The zero-order valence-corrected chi connectivity index (χ0v) is 22.8. The Kier molecular flexibility index (Phi) is 8.63. The van der Waals surface area contributed by atoms with Crippen LogP contribution >= 0.6 is 11.6 Å². The molecule has 0 saturated carbocycles. The fourth-order valence-electron chi connectivity index (χ4n) is 4.37. The van der Waals surface area contributed by atoms with Crippen LogP contribution < -0.4 is 5.32 Å². The molecule has 1 aromatic heterocycles. The topological polar surface area (TPSA) is 105 Å². The van der Waals surface area contributed by atoms with E-state index in [1.165, 1.54) is 11.4 Å². The summed E-state index contributed by atoms with van der Waals surface area (Å²) >= 11 is 6.01. The van der Waals surface area contributed by atoms with Gasteiger partial charge in [0.15, 0.2) is 0 Å². The van der Waals surface area contributed by atoms with Gasteiger partial charge in [0.05, 0.1) is 24.9 Å². The van der Waals surface area contributed by atoms with Crippen molar-refractivity contribution in [3.63, 3.8) is 0 Å². The van der Waals surface area contributed by atoms with Gasteiger partial charge in [-0.3, -0.25) is 4.90 Å². The number of carbonyl (C=O) groups excluding carboxylic acids is 1. The van der Waals surface area contributed by atoms with Crippen LogP contribution in [0.3, 0.4) is 0 Å². The number of halogens is 1. The molecule has 1 aliphatic rings. The highest BCUT2D eigenvalue weighted by atomic mass is 35.5. The molecule has 9 nitrogen and oxygen atoms in total. The number of benzene rings is 2. The van der Waals surface area contributed by atoms with E-state index in [0.29, 0.717) is 55.0 Å². The number of methoxy groups -OCH3 is 1. The average Bonchev–Trinajstić information content (AvgIpc) is 2.86. The number of hydrogen-bond donors (Lipinski definition) is 1. The fraction of sp³-hybridized carbons (Fsp3) is 0.423. The third kappa shape index (κ3) is 6.75. The molecule has 3 aromatic rings. The number of nitrogens with zero attached hydrogens (tertiary/aromatic N) is 4. The van der Waals surface area contributed by atoms with Gasteiger partial charge in [0, 0.05) is 36.6 Å². The number of hydrogen-bond acceptors (Lipinski definition) is 8. The Labute approximate surface area is 222 Å². The van der Waals surface area contributed by atoms with E-state index < -0.39 is 16.1 Å². The predicted molar refractivity (Wildman–Crippen MR) is 145 cm³/mol. The highest BCUT2D eigenvalue weighted by molar-refractivity contribution is 7.88. The van der Waals surface area contributed by atoms with Crippen molar-refractivity contribution < 1.29 is 17.9 Å². The number of aromatic nitrogens is 2. The SMILES string of the molecule is COC(=O)[C@@H](Nc1nc(CN2CCN(S(=O)(=O)Cc3cccc(Cl)c3)CC2)nc2ccccc12)C(C)C. The number of ether oxygens (including phenoxy) is 1. The van der Waals surface area contributed by atoms with Gasteiger partial charge in [0.2, 0.25) is 10.0 Å². The van der Waals surface area contributed by atoms with Gasteiger partial charge in [0.25, 0.3) is 0 Å². The summed E-state index contributed by atoms with van der Waals surface area (Å²) in [4.78, 5) is 24.0. The number of para-hydroxylation sites is 1. The molecule has 1 atom stereocenters. The third-order valence-corrected chi connectivity index (χ3v) is 8.48. The lowest BCUT2D eigenvalue weighted by Crippen LogP contribution is -2.48. The van der Waals surface area contributed by atoms with Crippen LogP contribution in [-0.4, -0.2) is 72.9 Å². The van der Waals surface area contributed by atoms with E-state index in [-0.39, 0.29) is 17.6 Å². The van der Waals surface area contributed by atoms with Crippen molar-refractivity contribution in [2.24, 2.45) is 5.92 Å². The number of rotatable bonds is 9. The van der Waals surface area contributed by atoms with Crippen molar-refractivity contribution in [3.05, 3.63) is 64.9 Å². The molecule has 0 aliphatic carbocycles. The van der Waals surface area contributed by atoms with E-state index in [0.717, 1.165) is 10.9 Å². The van der Waals surface area contributed by atoms with Crippen LogP contribution in [-0.2, 0) is 31.9 Å². The van der Waals surface area contributed by atoms with Gasteiger partial charge in [-0.2, -0.15) is 4.31 Å². The van der Waals surface area contributed by atoms with Gasteiger partial charge in [0.1, 0.15) is 17.7 Å². The maximum Gasteiger partial charge on any atom is 0.328 e. The maximum atomic E-state index is 13.0. The smallest absolute Gasteiger partial charge is 0.328 e. The van der Waals surface area contributed by atoms with Gasteiger partial charge < -0.3 is 10.1 Å². The van der Waals surface area contributed by atoms with Crippen molar-refractivity contribution in [1.29, 1.82) is 0 Å². The standard InChI is InChI=1S/C26H32ClN5O4S/c1-18(2)24(26(33)36-3)30-25-21-9-4-5-10-22(21)28-23(29-25)16-31-11-13-32(14-12-31)37(34,35)17-19-7-6-8-20(27)15-19/h4-10,15,18,24H,11-14,16-17H2,1-3H3,(H,28,29,30)/t24-/m0/s1. The highest BCUT2D eigenvalue weighted by Crippen LogP contribution is 2.24. The Hall–Kier alpha value is -2.79. The largest absolute Gasteiger partial charge is 0.467 e. The number of esters is 1. The number of nitrogens with one attached hydrogen (secondary N) is 1. The first-order chi connectivity index (χ1) is 17.7. The number of piperazine rings is 1. The fourth-order valence-corrected chi connectivity index (χ4v) is 6.09. The Morgan fingerprint density at radius 1 is 1.08 bits per heavy atom. The third-order valence-electron chi connectivity index (χ3n) is 6.39. The number of carbonyl (C=O) groups is 1. The van der Waals surface area contributed by atoms with Crippen molar-refractivity contribution >= 4 is 44.3 Å². The first kappa shape index (κ1) is 27.3. The van der Waals surface area contributed by atoms with E-state index in [1.54, 1.807) is 24.3 Å². The first-order valence-corrected chi connectivity index (χ1v) is 14.2. The Bertz CT molecular complexity index is 1360. The number of fused-ring (bicyclic) bond motifs is 1. The van der Waals surface area contributed by atoms with Crippen molar-refractivity contribution in [3.8, 4) is 0 Å². The Balaban J connectivity index is 1.46. The Morgan fingerprint density at radius 3 is 2.49 bits per heavy atom. The Morgan fingerprint density at radius 2 is 1.81 bits per heavy atom. The molecular weight excluding hydrogens is 514 g/mol. The zero-order valence-electron chi connectivity index (χ0n) is 21.2. The van der Waals surface area contributed by atoms with Gasteiger partial charge in [-0.05, 0) is 35.7 Å². The molecule has 1 N–H and O–H groups in total. The van der Waals surface area contributed by atoms with Gasteiger partial charge >= 0.3 is 5.97 Å². The van der Waals surface area contributed by atoms with E-state index in [4.69, 9.17) is 26.3 Å². The van der Waals surface area contributed by atoms with Crippen LogP contribution in [0.15, 0.2) is 48.5 Å². The molecule has 2 heterocycles. The normalized spacial score (nSPS) is 16.1. The molecule has 4 rings (SSSR count). The van der Waals surface area contributed by atoms with Gasteiger partial charge in [-0.1, -0.05) is 49.7 Å². The van der Waals surface area contributed by atoms with Crippen molar-refractivity contribution in [2.45, 2.75) is 32.2 Å². The van der Waals surface area contributed by atoms with Crippen molar-refractivity contribution in [2.75, 3.05) is 38.6 Å². The summed E-state index contributed by atoms with van der Waals surface area (Å²) in [5.74, 6) is 0.741. The molecule has 198 valence electrons. The summed E-state index contributed by atoms with van der Waals surface area (Å²) in [6.07, 6.45) is 0. The molecule has 1 fully saturated rings. The maximum absolute atomic E-state index is 13.0. The lowest BCUT2D eigenvalue weighted by Gasteiger charge is -2.33. The summed E-state index contributed by atoms with van der Waals surface area (Å²) in [7, 11) is -2.08. The summed E-state index contributed by atoms with van der Waals surface area (Å²) in [6, 6.07) is 14.0. The lowest BCUT2D eigenvalue weighted by molar-refractivity contribution is -0.142. The summed E-state index contributed by atoms with van der Waals surface area (Å²) in [5, 5.41) is 4.60. The van der Waals surface area contributed by atoms with Crippen LogP contribution in [0.5, 0.6) is 0 Å². The highest BCUT2D eigenvalue weighted by Gasteiger charge is 2.28. The summed E-state index contributed by atoms with van der Waals surface area (Å²) in [6.45, 7) is 6.25. The molecule has 37 heavy (non-hydrogen) atoms. The second kappa shape index (κ2) is 11.7. The van der Waals surface area contributed by atoms with E-state index in [9.17, 15) is 13.2 Å². The summed E-state index contributed by atoms with van der Waals surface area (Å²) < 4.78 is 32.4. The molecule has 0 amide bonds. The lowest BCUT2D eigenvalue weighted by atomic mass is 10.0. The monoisotopic (exact) mass is 545 g/mol. The number of anilines is 1. The van der Waals surface area contributed by atoms with Crippen LogP contribution in [0, 0.1) is 5.92 Å². The molecule has 1 saturated heterocycles. The zero-order chi connectivity index (χ0) is 26.6. The van der Waals surface area contributed by atoms with E-state index in [1.807, 2.05) is 38.1 Å². The molecular formula is C26H32ClN5O4S. The van der Waals surface area contributed by atoms with Gasteiger partial charge in [-0.15, -0.1) is 0 Å². The predicted octanol–water partition coefficient (Wildman–Crippen LogP) is 3.54. The summed E-state index contributed by atoms with van der Waals surface area (Å²) in [5.41, 5.74) is 1.44. The minimum Gasteiger partial charge on any atom is -0.467 e. The van der Waals surface area contributed by atoms with E-state index in [2.05, 4.69) is 10.2 Å². The van der Waals surface area contributed by atoms with Crippen LogP contribution in [0.25, 0.3) is 10.9 Å². The van der Waals surface area contributed by atoms with Crippen LogP contribution in [0.2, 0.25) is 5.02 Å². The minimum absolute atomic E-state index is 0.00781. The molecule has 0 unspecified atom stereocenters.